The lowest BCUT2D eigenvalue weighted by molar-refractivity contribution is -0.137. The minimum Gasteiger partial charge on any atom is -0.493 e. The molecule has 1 heterocycles. The average molecular weight is 234 g/mol. The van der Waals surface area contributed by atoms with Crippen LogP contribution in [-0.2, 0) is 15.0 Å². The first-order chi connectivity index (χ1) is 8.13. The van der Waals surface area contributed by atoms with Crippen molar-refractivity contribution in [1.29, 1.82) is 0 Å². The maximum Gasteiger partial charge on any atom is 0.209 e. The van der Waals surface area contributed by atoms with Gasteiger partial charge in [-0.3, -0.25) is 9.59 Å². The van der Waals surface area contributed by atoms with E-state index in [1.54, 1.807) is 0 Å². The van der Waals surface area contributed by atoms with Gasteiger partial charge in [0, 0.05) is 12.0 Å². The molecular formula is C13H11FO3. The number of fused-ring (bicyclic) bond motifs is 2. The topological polar surface area (TPSA) is 43.4 Å². The molecule has 0 N–H and O–H groups in total. The summed E-state index contributed by atoms with van der Waals surface area (Å²) < 4.78 is 18.7. The molecule has 1 saturated carbocycles. The molecule has 0 aromatic heterocycles. The van der Waals surface area contributed by atoms with Crippen molar-refractivity contribution in [2.45, 2.75) is 24.7 Å². The van der Waals surface area contributed by atoms with Crippen molar-refractivity contribution < 1.29 is 18.7 Å². The van der Waals surface area contributed by atoms with Crippen LogP contribution < -0.4 is 4.74 Å². The van der Waals surface area contributed by atoms with Gasteiger partial charge in [-0.1, -0.05) is 0 Å². The number of hydrogen-bond donors (Lipinski definition) is 0. The third kappa shape index (κ3) is 1.33. The van der Waals surface area contributed by atoms with Crippen LogP contribution in [0.4, 0.5) is 4.39 Å². The summed E-state index contributed by atoms with van der Waals surface area (Å²) in [6.45, 7) is 0.400. The lowest BCUT2D eigenvalue weighted by atomic mass is 9.74. The van der Waals surface area contributed by atoms with E-state index in [4.69, 9.17) is 4.74 Å². The molecule has 1 unspecified atom stereocenters. The number of carbonyl (C=O) groups excluding carboxylic acids is 2. The van der Waals surface area contributed by atoms with Crippen molar-refractivity contribution in [3.63, 3.8) is 0 Å². The van der Waals surface area contributed by atoms with Gasteiger partial charge in [0.2, 0.25) is 5.78 Å². The third-order valence-corrected chi connectivity index (χ3v) is 3.71. The third-order valence-electron chi connectivity index (χ3n) is 3.71. The van der Waals surface area contributed by atoms with Gasteiger partial charge in [-0.15, -0.1) is 0 Å². The highest BCUT2D eigenvalue weighted by Gasteiger charge is 2.51. The van der Waals surface area contributed by atoms with Crippen LogP contribution in [-0.4, -0.2) is 18.2 Å². The van der Waals surface area contributed by atoms with Crippen molar-refractivity contribution in [3.8, 4) is 5.75 Å². The number of rotatable bonds is 0. The van der Waals surface area contributed by atoms with Gasteiger partial charge < -0.3 is 4.74 Å². The summed E-state index contributed by atoms with van der Waals surface area (Å²) in [5.74, 6) is -0.601. The maximum atomic E-state index is 13.3. The molecule has 1 fully saturated rings. The standard InChI is InChI=1S/C13H11FO3/c14-8-1-2-11-9(7-8)13(5-6-17-11)4-3-10(15)12(13)16/h1-2,7H,3-6H2. The van der Waals surface area contributed by atoms with Crippen molar-refractivity contribution in [3.05, 3.63) is 29.6 Å². The summed E-state index contributed by atoms with van der Waals surface area (Å²) in [7, 11) is 0. The summed E-state index contributed by atoms with van der Waals surface area (Å²) in [6.07, 6.45) is 1.20. The van der Waals surface area contributed by atoms with E-state index in [0.29, 0.717) is 30.8 Å². The van der Waals surface area contributed by atoms with E-state index in [2.05, 4.69) is 0 Å². The summed E-state index contributed by atoms with van der Waals surface area (Å²) in [6, 6.07) is 4.16. The predicted molar refractivity (Wildman–Crippen MR) is 57.4 cm³/mol. The van der Waals surface area contributed by atoms with Gasteiger partial charge in [0.15, 0.2) is 5.78 Å². The molecule has 1 atom stereocenters. The number of Topliss-reactive ketones (excluding diaryl/α,β-unsaturated/α-hetero) is 2. The van der Waals surface area contributed by atoms with Crippen molar-refractivity contribution in [1.82, 2.24) is 0 Å². The zero-order chi connectivity index (χ0) is 12.0. The van der Waals surface area contributed by atoms with Crippen LogP contribution in [0.3, 0.4) is 0 Å². The van der Waals surface area contributed by atoms with Crippen molar-refractivity contribution >= 4 is 11.6 Å². The molecule has 1 aliphatic carbocycles. The van der Waals surface area contributed by atoms with Gasteiger partial charge in [0.1, 0.15) is 11.6 Å². The fourth-order valence-corrected chi connectivity index (χ4v) is 2.79. The monoisotopic (exact) mass is 234 g/mol. The summed E-state index contributed by atoms with van der Waals surface area (Å²) >= 11 is 0. The van der Waals surface area contributed by atoms with Crippen LogP contribution in [0, 0.1) is 5.82 Å². The lowest BCUT2D eigenvalue weighted by Crippen LogP contribution is -2.38. The number of carbonyl (C=O) groups is 2. The Morgan fingerprint density at radius 3 is 2.76 bits per heavy atom. The maximum absolute atomic E-state index is 13.3. The van der Waals surface area contributed by atoms with E-state index in [9.17, 15) is 14.0 Å². The Labute approximate surface area is 97.6 Å². The first-order valence-electron chi connectivity index (χ1n) is 5.64. The Morgan fingerprint density at radius 1 is 1.24 bits per heavy atom. The number of ketones is 2. The predicted octanol–water partition coefficient (Wildman–Crippen LogP) is 1.78. The quantitative estimate of drug-likeness (QED) is 0.643. The van der Waals surface area contributed by atoms with E-state index in [1.807, 2.05) is 0 Å². The molecule has 1 spiro atoms. The second-order valence-electron chi connectivity index (χ2n) is 4.57. The molecule has 1 aromatic rings. The average Bonchev–Trinajstić information content (AvgIpc) is 2.60. The van der Waals surface area contributed by atoms with Gasteiger partial charge in [-0.05, 0) is 31.0 Å². The highest BCUT2D eigenvalue weighted by molar-refractivity contribution is 6.42. The molecule has 0 radical (unpaired) electrons. The van der Waals surface area contributed by atoms with Gasteiger partial charge in [-0.25, -0.2) is 4.39 Å². The van der Waals surface area contributed by atoms with Crippen LogP contribution in [0.25, 0.3) is 0 Å². The number of halogens is 1. The summed E-state index contributed by atoms with van der Waals surface area (Å²) in [5.41, 5.74) is -0.285. The Morgan fingerprint density at radius 2 is 2.06 bits per heavy atom. The zero-order valence-corrected chi connectivity index (χ0v) is 9.16. The Bertz CT molecular complexity index is 523. The molecule has 1 aliphatic heterocycles. The van der Waals surface area contributed by atoms with E-state index >= 15 is 0 Å². The molecule has 0 bridgehead atoms. The van der Waals surface area contributed by atoms with Gasteiger partial charge in [0.25, 0.3) is 0 Å². The number of ether oxygens (including phenoxy) is 1. The fraction of sp³-hybridized carbons (Fsp3) is 0.385. The van der Waals surface area contributed by atoms with E-state index in [-0.39, 0.29) is 18.0 Å². The Balaban J connectivity index is 2.19. The molecule has 2 aliphatic rings. The summed E-state index contributed by atoms with van der Waals surface area (Å²) in [4.78, 5) is 23.5. The highest BCUT2D eigenvalue weighted by Crippen LogP contribution is 2.46. The second kappa shape index (κ2) is 3.39. The van der Waals surface area contributed by atoms with Crippen LogP contribution in [0.15, 0.2) is 18.2 Å². The van der Waals surface area contributed by atoms with Crippen molar-refractivity contribution in [2.24, 2.45) is 0 Å². The van der Waals surface area contributed by atoms with Crippen LogP contribution in [0.2, 0.25) is 0 Å². The van der Waals surface area contributed by atoms with Crippen molar-refractivity contribution in [2.75, 3.05) is 6.61 Å². The molecule has 0 saturated heterocycles. The molecule has 88 valence electrons. The minimum absolute atomic E-state index is 0.259. The number of hydrogen-bond acceptors (Lipinski definition) is 3. The largest absolute Gasteiger partial charge is 0.493 e. The van der Waals surface area contributed by atoms with E-state index in [0.717, 1.165) is 0 Å². The van der Waals surface area contributed by atoms with Gasteiger partial charge >= 0.3 is 0 Å². The normalized spacial score (nSPS) is 27.1. The summed E-state index contributed by atoms with van der Waals surface area (Å²) in [5, 5.41) is 0. The first kappa shape index (κ1) is 10.4. The molecule has 4 heteroatoms. The van der Waals surface area contributed by atoms with Crippen LogP contribution in [0.1, 0.15) is 24.8 Å². The minimum atomic E-state index is -0.827. The van der Waals surface area contributed by atoms with Crippen LogP contribution in [0.5, 0.6) is 5.75 Å². The highest BCUT2D eigenvalue weighted by atomic mass is 19.1. The molecule has 0 amide bonds. The fourth-order valence-electron chi connectivity index (χ4n) is 2.79. The molecule has 17 heavy (non-hydrogen) atoms. The van der Waals surface area contributed by atoms with E-state index in [1.165, 1.54) is 18.2 Å². The second-order valence-corrected chi connectivity index (χ2v) is 4.57. The molecular weight excluding hydrogens is 223 g/mol. The smallest absolute Gasteiger partial charge is 0.209 e. The molecule has 3 rings (SSSR count). The van der Waals surface area contributed by atoms with E-state index < -0.39 is 11.2 Å². The van der Waals surface area contributed by atoms with Gasteiger partial charge in [-0.2, -0.15) is 0 Å². The zero-order valence-electron chi connectivity index (χ0n) is 9.16. The van der Waals surface area contributed by atoms with Crippen LogP contribution >= 0.6 is 0 Å². The van der Waals surface area contributed by atoms with Gasteiger partial charge in [0.05, 0.1) is 12.0 Å². The Hall–Kier alpha value is -1.71. The SMILES string of the molecule is O=C1CCC2(CCOc3ccc(F)cc32)C1=O. The molecule has 3 nitrogen and oxygen atoms in total. The molecule has 1 aromatic carbocycles. The number of benzene rings is 1. The lowest BCUT2D eigenvalue weighted by Gasteiger charge is -2.33. The first-order valence-corrected chi connectivity index (χ1v) is 5.64. The Kier molecular flexibility index (Phi) is 2.08.